The lowest BCUT2D eigenvalue weighted by molar-refractivity contribution is 1.13. The zero-order valence-corrected chi connectivity index (χ0v) is 12.2. The molecule has 3 aromatic rings. The van der Waals surface area contributed by atoms with E-state index in [1.165, 1.54) is 5.69 Å². The lowest BCUT2D eigenvalue weighted by Gasteiger charge is -2.11. The molecule has 0 fully saturated rings. The lowest BCUT2D eigenvalue weighted by atomic mass is 10.1. The van der Waals surface area contributed by atoms with Crippen LogP contribution in [0.15, 0.2) is 60.8 Å². The van der Waals surface area contributed by atoms with Gasteiger partial charge in [0, 0.05) is 42.5 Å². The van der Waals surface area contributed by atoms with Crippen molar-refractivity contribution in [1.82, 2.24) is 4.98 Å². The summed E-state index contributed by atoms with van der Waals surface area (Å²) in [6.45, 7) is 0. The van der Waals surface area contributed by atoms with Crippen LogP contribution in [0.4, 0.5) is 5.69 Å². The Morgan fingerprint density at radius 1 is 0.857 bits per heavy atom. The van der Waals surface area contributed by atoms with Gasteiger partial charge in [0.15, 0.2) is 0 Å². The zero-order valence-electron chi connectivity index (χ0n) is 12.2. The van der Waals surface area contributed by atoms with E-state index in [9.17, 15) is 0 Å². The summed E-state index contributed by atoms with van der Waals surface area (Å²) in [5.41, 5.74) is 4.18. The highest BCUT2D eigenvalue weighted by molar-refractivity contribution is 5.84. The van der Waals surface area contributed by atoms with Crippen molar-refractivity contribution in [1.29, 1.82) is 0 Å². The van der Waals surface area contributed by atoms with Crippen LogP contribution in [0.2, 0.25) is 0 Å². The van der Waals surface area contributed by atoms with Crippen molar-refractivity contribution in [2.24, 2.45) is 0 Å². The van der Waals surface area contributed by atoms with Gasteiger partial charge in [-0.3, -0.25) is 4.98 Å². The third kappa shape index (κ3) is 2.88. The second-order valence-corrected chi connectivity index (χ2v) is 5.07. The quantitative estimate of drug-likeness (QED) is 0.628. The molecule has 0 N–H and O–H groups in total. The highest BCUT2D eigenvalue weighted by atomic mass is 15.1. The molecule has 0 saturated carbocycles. The third-order valence-corrected chi connectivity index (χ3v) is 3.37. The first-order valence-electron chi connectivity index (χ1n) is 6.87. The fourth-order valence-electron chi connectivity index (χ4n) is 2.19. The van der Waals surface area contributed by atoms with Crippen LogP contribution < -0.4 is 4.90 Å². The van der Waals surface area contributed by atoms with E-state index < -0.39 is 0 Å². The molecule has 2 aromatic carbocycles. The van der Waals surface area contributed by atoms with Crippen molar-refractivity contribution in [3.8, 4) is 11.8 Å². The summed E-state index contributed by atoms with van der Waals surface area (Å²) in [4.78, 5) is 6.43. The Labute approximate surface area is 125 Å². The Bertz CT molecular complexity index is 816. The van der Waals surface area contributed by atoms with Crippen LogP contribution in [0, 0.1) is 11.8 Å². The van der Waals surface area contributed by atoms with Crippen LogP contribution in [-0.2, 0) is 0 Å². The first-order chi connectivity index (χ1) is 10.2. The third-order valence-electron chi connectivity index (χ3n) is 3.37. The van der Waals surface area contributed by atoms with Gasteiger partial charge in [-0.25, -0.2) is 0 Å². The van der Waals surface area contributed by atoms with Gasteiger partial charge in [0.2, 0.25) is 0 Å². The summed E-state index contributed by atoms with van der Waals surface area (Å²) in [7, 11) is 4.06. The molecular formula is C19H16N2. The van der Waals surface area contributed by atoms with E-state index in [4.69, 9.17) is 0 Å². The molecule has 0 aliphatic heterocycles. The van der Waals surface area contributed by atoms with Crippen LogP contribution >= 0.6 is 0 Å². The minimum Gasteiger partial charge on any atom is -0.378 e. The monoisotopic (exact) mass is 272 g/mol. The summed E-state index contributed by atoms with van der Waals surface area (Å²) >= 11 is 0. The van der Waals surface area contributed by atoms with Crippen LogP contribution in [0.5, 0.6) is 0 Å². The Hall–Kier alpha value is -2.79. The summed E-state index contributed by atoms with van der Waals surface area (Å²) in [6, 6.07) is 18.3. The molecule has 0 amide bonds. The van der Waals surface area contributed by atoms with Crippen LogP contribution in [0.25, 0.3) is 10.9 Å². The molecule has 2 heteroatoms. The van der Waals surface area contributed by atoms with Crippen molar-refractivity contribution in [3.63, 3.8) is 0 Å². The summed E-state index contributed by atoms with van der Waals surface area (Å²) in [5, 5.41) is 1.09. The number of anilines is 1. The van der Waals surface area contributed by atoms with E-state index in [0.29, 0.717) is 0 Å². The Kier molecular flexibility index (Phi) is 3.57. The molecule has 2 nitrogen and oxygen atoms in total. The van der Waals surface area contributed by atoms with Crippen molar-refractivity contribution >= 4 is 16.6 Å². The van der Waals surface area contributed by atoms with Crippen molar-refractivity contribution in [2.45, 2.75) is 0 Å². The number of pyridine rings is 1. The Morgan fingerprint density at radius 3 is 2.38 bits per heavy atom. The van der Waals surface area contributed by atoms with Crippen molar-refractivity contribution in [3.05, 3.63) is 71.9 Å². The predicted octanol–water partition coefficient (Wildman–Crippen LogP) is 3.70. The Balaban J connectivity index is 1.96. The molecule has 0 aliphatic rings. The van der Waals surface area contributed by atoms with Gasteiger partial charge in [-0.2, -0.15) is 0 Å². The van der Waals surface area contributed by atoms with Gasteiger partial charge in [-0.15, -0.1) is 0 Å². The van der Waals surface area contributed by atoms with Gasteiger partial charge in [-0.05, 0) is 36.4 Å². The van der Waals surface area contributed by atoms with E-state index in [1.54, 1.807) is 0 Å². The fourth-order valence-corrected chi connectivity index (χ4v) is 2.19. The predicted molar refractivity (Wildman–Crippen MR) is 88.5 cm³/mol. The lowest BCUT2D eigenvalue weighted by Crippen LogP contribution is -2.07. The average molecular weight is 272 g/mol. The molecule has 0 saturated heterocycles. The summed E-state index contributed by atoms with van der Waals surface area (Å²) in [6.07, 6.45) is 1.81. The van der Waals surface area contributed by atoms with Gasteiger partial charge < -0.3 is 4.90 Å². The maximum Gasteiger partial charge on any atom is 0.0714 e. The van der Waals surface area contributed by atoms with Crippen LogP contribution in [0.1, 0.15) is 11.1 Å². The van der Waals surface area contributed by atoms with E-state index >= 15 is 0 Å². The number of para-hydroxylation sites is 1. The van der Waals surface area contributed by atoms with Gasteiger partial charge in [0.05, 0.1) is 5.52 Å². The van der Waals surface area contributed by atoms with Crippen LogP contribution in [0.3, 0.4) is 0 Å². The standard InChI is InChI=1S/C19H16N2/c1-21(2)17-11-8-15(9-12-17)7-10-16-13-14-20-19-6-4-3-5-18(16)19/h3-6,8-9,11-14H,1-2H3. The molecule has 0 unspecified atom stereocenters. The highest BCUT2D eigenvalue weighted by Gasteiger charge is 1.98. The zero-order chi connectivity index (χ0) is 14.7. The topological polar surface area (TPSA) is 16.1 Å². The van der Waals surface area contributed by atoms with Gasteiger partial charge in [-0.1, -0.05) is 30.0 Å². The highest BCUT2D eigenvalue weighted by Crippen LogP contribution is 2.15. The second kappa shape index (κ2) is 5.68. The number of nitrogens with zero attached hydrogens (tertiary/aromatic N) is 2. The number of hydrogen-bond donors (Lipinski definition) is 0. The molecule has 3 rings (SSSR count). The molecule has 1 heterocycles. The average Bonchev–Trinajstić information content (AvgIpc) is 2.53. The number of aromatic nitrogens is 1. The molecule has 1 aromatic heterocycles. The molecular weight excluding hydrogens is 256 g/mol. The molecule has 0 atom stereocenters. The molecule has 0 bridgehead atoms. The first kappa shape index (κ1) is 13.2. The van der Waals surface area contributed by atoms with Gasteiger partial charge in [0.1, 0.15) is 0 Å². The maximum atomic E-state index is 4.35. The van der Waals surface area contributed by atoms with E-state index in [1.807, 2.05) is 56.7 Å². The SMILES string of the molecule is CN(C)c1ccc(C#Cc2ccnc3ccccc23)cc1. The first-order valence-corrected chi connectivity index (χ1v) is 6.87. The van der Waals surface area contributed by atoms with Crippen molar-refractivity contribution in [2.75, 3.05) is 19.0 Å². The molecule has 102 valence electrons. The molecule has 0 spiro atoms. The molecule has 0 aliphatic carbocycles. The smallest absolute Gasteiger partial charge is 0.0714 e. The Morgan fingerprint density at radius 2 is 1.62 bits per heavy atom. The summed E-state index contributed by atoms with van der Waals surface area (Å²) in [5.74, 6) is 6.47. The van der Waals surface area contributed by atoms with E-state index in [-0.39, 0.29) is 0 Å². The number of benzene rings is 2. The summed E-state index contributed by atoms with van der Waals surface area (Å²) < 4.78 is 0. The van der Waals surface area contributed by atoms with Crippen molar-refractivity contribution < 1.29 is 0 Å². The molecule has 0 radical (unpaired) electrons. The van der Waals surface area contributed by atoms with E-state index in [2.05, 4.69) is 39.9 Å². The van der Waals surface area contributed by atoms with E-state index in [0.717, 1.165) is 22.0 Å². The maximum absolute atomic E-state index is 4.35. The number of rotatable bonds is 1. The second-order valence-electron chi connectivity index (χ2n) is 5.07. The molecule has 21 heavy (non-hydrogen) atoms. The minimum absolute atomic E-state index is 0.979. The largest absolute Gasteiger partial charge is 0.378 e. The minimum atomic E-state index is 0.979. The van der Waals surface area contributed by atoms with Gasteiger partial charge in [0.25, 0.3) is 0 Å². The fraction of sp³-hybridized carbons (Fsp3) is 0.105. The normalized spacial score (nSPS) is 10.0. The van der Waals surface area contributed by atoms with Gasteiger partial charge >= 0.3 is 0 Å². The van der Waals surface area contributed by atoms with Crippen LogP contribution in [-0.4, -0.2) is 19.1 Å². The number of hydrogen-bond acceptors (Lipinski definition) is 2. The number of fused-ring (bicyclic) bond motifs is 1.